The van der Waals surface area contributed by atoms with Crippen LogP contribution in [0, 0.1) is 0 Å². The first-order valence-corrected chi connectivity index (χ1v) is 6.52. The van der Waals surface area contributed by atoms with E-state index in [-0.39, 0.29) is 11.4 Å². The monoisotopic (exact) mass is 254 g/mol. The molecular formula is C11H15ClN4O. The molecule has 0 amide bonds. The van der Waals surface area contributed by atoms with E-state index in [1.165, 1.54) is 19.3 Å². The molecule has 0 bridgehead atoms. The van der Waals surface area contributed by atoms with Gasteiger partial charge in [0, 0.05) is 13.1 Å². The number of hydrogen-bond acceptors (Lipinski definition) is 5. The molecule has 0 atom stereocenters. The van der Waals surface area contributed by atoms with Crippen molar-refractivity contribution in [2.75, 3.05) is 18.0 Å². The summed E-state index contributed by atoms with van der Waals surface area (Å²) < 4.78 is 5.66. The summed E-state index contributed by atoms with van der Waals surface area (Å²) in [5, 5.41) is 0.219. The minimum Gasteiger partial charge on any atom is -0.460 e. The Balaban J connectivity index is 1.78. The summed E-state index contributed by atoms with van der Waals surface area (Å²) in [6, 6.07) is 0.372. The lowest BCUT2D eigenvalue weighted by atomic mass is 9.96. The van der Waals surface area contributed by atoms with Crippen LogP contribution in [-0.4, -0.2) is 34.1 Å². The quantitative estimate of drug-likeness (QED) is 0.826. The van der Waals surface area contributed by atoms with Crippen LogP contribution in [0.2, 0.25) is 5.28 Å². The Morgan fingerprint density at radius 1 is 1.06 bits per heavy atom. The van der Waals surface area contributed by atoms with Crippen molar-refractivity contribution in [2.45, 2.75) is 38.2 Å². The van der Waals surface area contributed by atoms with Crippen LogP contribution in [-0.2, 0) is 0 Å². The molecule has 2 fully saturated rings. The summed E-state index contributed by atoms with van der Waals surface area (Å²) in [5.41, 5.74) is 0. The summed E-state index contributed by atoms with van der Waals surface area (Å²) >= 11 is 5.90. The highest BCUT2D eigenvalue weighted by molar-refractivity contribution is 6.28. The Kier molecular flexibility index (Phi) is 3.01. The predicted octanol–water partition coefficient (Wildman–Crippen LogP) is 2.06. The first-order chi connectivity index (χ1) is 8.31. The van der Waals surface area contributed by atoms with Crippen molar-refractivity contribution < 1.29 is 4.74 Å². The molecule has 1 saturated heterocycles. The second-order valence-corrected chi connectivity index (χ2v) is 4.89. The Bertz CT molecular complexity index is 404. The van der Waals surface area contributed by atoms with Gasteiger partial charge >= 0.3 is 6.01 Å². The lowest BCUT2D eigenvalue weighted by molar-refractivity contribution is 0.108. The van der Waals surface area contributed by atoms with Gasteiger partial charge in [-0.3, -0.25) is 0 Å². The van der Waals surface area contributed by atoms with Gasteiger partial charge < -0.3 is 9.64 Å². The Morgan fingerprint density at radius 3 is 2.47 bits per heavy atom. The molecule has 0 radical (unpaired) electrons. The average Bonchev–Trinajstić information content (AvgIpc) is 2.76. The van der Waals surface area contributed by atoms with Crippen LogP contribution in [0.3, 0.4) is 0 Å². The molecule has 0 spiro atoms. The highest BCUT2D eigenvalue weighted by atomic mass is 35.5. The fourth-order valence-electron chi connectivity index (χ4n) is 2.07. The topological polar surface area (TPSA) is 51.1 Å². The van der Waals surface area contributed by atoms with Crippen LogP contribution < -0.4 is 9.64 Å². The second kappa shape index (κ2) is 4.64. The molecule has 0 N–H and O–H groups in total. The van der Waals surface area contributed by atoms with Crippen molar-refractivity contribution in [3.8, 4) is 6.01 Å². The third-order valence-corrected chi connectivity index (χ3v) is 3.46. The van der Waals surface area contributed by atoms with Crippen molar-refractivity contribution in [2.24, 2.45) is 0 Å². The minimum absolute atomic E-state index is 0.219. The largest absolute Gasteiger partial charge is 0.460 e. The summed E-state index contributed by atoms with van der Waals surface area (Å²) in [6.45, 7) is 1.98. The van der Waals surface area contributed by atoms with Gasteiger partial charge in [-0.05, 0) is 43.7 Å². The molecule has 0 aromatic carbocycles. The maximum Gasteiger partial charge on any atom is 0.322 e. The van der Waals surface area contributed by atoms with Gasteiger partial charge in [0.25, 0.3) is 0 Å². The number of halogens is 1. The highest BCUT2D eigenvalue weighted by Gasteiger charge is 2.22. The van der Waals surface area contributed by atoms with Gasteiger partial charge in [-0.25, -0.2) is 0 Å². The molecule has 6 heteroatoms. The Labute approximate surface area is 105 Å². The number of nitrogens with zero attached hydrogens (tertiary/aromatic N) is 4. The molecule has 5 nitrogen and oxygen atoms in total. The van der Waals surface area contributed by atoms with E-state index in [0.717, 1.165) is 25.9 Å². The lowest BCUT2D eigenvalue weighted by Crippen LogP contribution is -2.26. The summed E-state index contributed by atoms with van der Waals surface area (Å²) in [4.78, 5) is 14.6. The lowest BCUT2D eigenvalue weighted by Gasteiger charge is -2.25. The molecule has 1 aromatic heterocycles. The molecule has 2 heterocycles. The zero-order valence-corrected chi connectivity index (χ0v) is 10.4. The standard InChI is InChI=1S/C11H15ClN4O/c12-9-13-10(16-6-1-2-7-16)15-11(14-9)17-8-4-3-5-8/h8H,1-7H2. The Morgan fingerprint density at radius 2 is 1.82 bits per heavy atom. The number of ether oxygens (including phenoxy) is 1. The van der Waals surface area contributed by atoms with Crippen LogP contribution in [0.5, 0.6) is 6.01 Å². The van der Waals surface area contributed by atoms with Crippen molar-refractivity contribution in [1.82, 2.24) is 15.0 Å². The van der Waals surface area contributed by atoms with Crippen LogP contribution in [0.1, 0.15) is 32.1 Å². The second-order valence-electron chi connectivity index (χ2n) is 4.55. The molecule has 0 unspecified atom stereocenters. The molecule has 2 aliphatic rings. The first-order valence-electron chi connectivity index (χ1n) is 6.14. The van der Waals surface area contributed by atoms with Gasteiger partial charge in [-0.15, -0.1) is 0 Å². The van der Waals surface area contributed by atoms with Gasteiger partial charge in [-0.1, -0.05) is 0 Å². The van der Waals surface area contributed by atoms with E-state index in [9.17, 15) is 0 Å². The van der Waals surface area contributed by atoms with Gasteiger partial charge in [0.1, 0.15) is 6.10 Å². The van der Waals surface area contributed by atoms with Gasteiger partial charge in [-0.2, -0.15) is 15.0 Å². The molecule has 17 heavy (non-hydrogen) atoms. The van der Waals surface area contributed by atoms with Crippen LogP contribution >= 0.6 is 11.6 Å². The average molecular weight is 255 g/mol. The van der Waals surface area contributed by atoms with Gasteiger partial charge in [0.15, 0.2) is 0 Å². The van der Waals surface area contributed by atoms with Crippen molar-refractivity contribution in [1.29, 1.82) is 0 Å². The number of anilines is 1. The number of hydrogen-bond donors (Lipinski definition) is 0. The molecule has 1 aliphatic heterocycles. The van der Waals surface area contributed by atoms with E-state index in [1.54, 1.807) is 0 Å². The highest BCUT2D eigenvalue weighted by Crippen LogP contribution is 2.25. The van der Waals surface area contributed by atoms with E-state index >= 15 is 0 Å². The van der Waals surface area contributed by atoms with E-state index in [0.29, 0.717) is 12.0 Å². The zero-order valence-electron chi connectivity index (χ0n) is 9.60. The van der Waals surface area contributed by atoms with Crippen molar-refractivity contribution >= 4 is 17.5 Å². The molecule has 1 saturated carbocycles. The van der Waals surface area contributed by atoms with Crippen molar-refractivity contribution in [3.05, 3.63) is 5.28 Å². The van der Waals surface area contributed by atoms with Crippen LogP contribution in [0.15, 0.2) is 0 Å². The van der Waals surface area contributed by atoms with E-state index in [1.807, 2.05) is 0 Å². The summed E-state index contributed by atoms with van der Waals surface area (Å²) in [6.07, 6.45) is 6.03. The van der Waals surface area contributed by atoms with Crippen LogP contribution in [0.4, 0.5) is 5.95 Å². The third-order valence-electron chi connectivity index (χ3n) is 3.29. The van der Waals surface area contributed by atoms with Crippen LogP contribution in [0.25, 0.3) is 0 Å². The molecule has 3 rings (SSSR count). The predicted molar refractivity (Wildman–Crippen MR) is 64.6 cm³/mol. The maximum absolute atomic E-state index is 5.90. The minimum atomic E-state index is 0.219. The maximum atomic E-state index is 5.90. The molecule has 1 aromatic rings. The zero-order chi connectivity index (χ0) is 11.7. The molecule has 1 aliphatic carbocycles. The Hall–Kier alpha value is -1.10. The van der Waals surface area contributed by atoms with E-state index in [2.05, 4.69) is 19.9 Å². The third kappa shape index (κ3) is 2.44. The number of aromatic nitrogens is 3. The molecular weight excluding hydrogens is 240 g/mol. The normalized spacial score (nSPS) is 20.4. The summed E-state index contributed by atoms with van der Waals surface area (Å²) in [7, 11) is 0. The smallest absolute Gasteiger partial charge is 0.322 e. The van der Waals surface area contributed by atoms with E-state index in [4.69, 9.17) is 16.3 Å². The van der Waals surface area contributed by atoms with E-state index < -0.39 is 0 Å². The van der Waals surface area contributed by atoms with Gasteiger partial charge in [0.2, 0.25) is 11.2 Å². The number of rotatable bonds is 3. The summed E-state index contributed by atoms with van der Waals surface area (Å²) in [5.74, 6) is 0.650. The first kappa shape index (κ1) is 11.0. The fraction of sp³-hybridized carbons (Fsp3) is 0.727. The van der Waals surface area contributed by atoms with Crippen molar-refractivity contribution in [3.63, 3.8) is 0 Å². The van der Waals surface area contributed by atoms with Gasteiger partial charge in [0.05, 0.1) is 0 Å². The SMILES string of the molecule is Clc1nc(OC2CCC2)nc(N2CCCC2)n1. The molecule has 92 valence electrons. The fourth-order valence-corrected chi connectivity index (χ4v) is 2.22.